The normalized spacial score (nSPS) is 23.8. The second kappa shape index (κ2) is 4.94. The van der Waals surface area contributed by atoms with Gasteiger partial charge in [-0.1, -0.05) is 0 Å². The molecule has 0 bridgehead atoms. The zero-order valence-electron chi connectivity index (χ0n) is 7.31. The van der Waals surface area contributed by atoms with Crippen LogP contribution in [0, 0.1) is 0 Å². The Hall–Kier alpha value is -0.940. The van der Waals surface area contributed by atoms with Crippen molar-refractivity contribution in [1.82, 2.24) is 4.90 Å². The lowest BCUT2D eigenvalue weighted by molar-refractivity contribution is -0.139. The molecule has 1 rings (SSSR count). The van der Waals surface area contributed by atoms with E-state index in [2.05, 4.69) is 0 Å². The van der Waals surface area contributed by atoms with E-state index in [9.17, 15) is 9.59 Å². The van der Waals surface area contributed by atoms with Crippen molar-refractivity contribution in [2.45, 2.75) is 12.5 Å². The van der Waals surface area contributed by atoms with Crippen molar-refractivity contribution in [2.75, 3.05) is 26.3 Å². The van der Waals surface area contributed by atoms with Gasteiger partial charge in [0.25, 0.3) is 5.91 Å². The van der Waals surface area contributed by atoms with E-state index in [4.69, 9.17) is 9.84 Å². The molecule has 74 valence electrons. The smallest absolute Gasteiger partial charge is 0.286 e. The summed E-state index contributed by atoms with van der Waals surface area (Å²) in [6.45, 7) is 1.22. The molecule has 5 nitrogen and oxygen atoms in total. The molecule has 0 aromatic carbocycles. The molecule has 0 aliphatic carbocycles. The number of aliphatic hydroxyl groups is 1. The SMILES string of the molecule is O=CC(=O)N1CCCOC(CO)C1. The van der Waals surface area contributed by atoms with Gasteiger partial charge in [-0.3, -0.25) is 9.59 Å². The van der Waals surface area contributed by atoms with Crippen LogP contribution in [0.4, 0.5) is 0 Å². The second-order valence-corrected chi connectivity index (χ2v) is 2.93. The van der Waals surface area contributed by atoms with Gasteiger partial charge >= 0.3 is 0 Å². The van der Waals surface area contributed by atoms with Crippen molar-refractivity contribution in [3.8, 4) is 0 Å². The molecule has 1 unspecified atom stereocenters. The topological polar surface area (TPSA) is 66.8 Å². The summed E-state index contributed by atoms with van der Waals surface area (Å²) in [7, 11) is 0. The largest absolute Gasteiger partial charge is 0.394 e. The van der Waals surface area contributed by atoms with Crippen molar-refractivity contribution in [1.29, 1.82) is 0 Å². The van der Waals surface area contributed by atoms with Crippen LogP contribution in [0.25, 0.3) is 0 Å². The highest BCUT2D eigenvalue weighted by atomic mass is 16.5. The first kappa shape index (κ1) is 10.1. The third-order valence-corrected chi connectivity index (χ3v) is 1.97. The average Bonchev–Trinajstić information content (AvgIpc) is 2.41. The number of rotatable bonds is 2. The van der Waals surface area contributed by atoms with E-state index in [0.717, 1.165) is 0 Å². The summed E-state index contributed by atoms with van der Waals surface area (Å²) in [5, 5.41) is 8.84. The second-order valence-electron chi connectivity index (χ2n) is 2.93. The van der Waals surface area contributed by atoms with E-state index in [0.29, 0.717) is 32.4 Å². The number of hydrogen-bond donors (Lipinski definition) is 1. The molecule has 5 heteroatoms. The number of nitrogens with zero attached hydrogens (tertiary/aromatic N) is 1. The zero-order valence-corrected chi connectivity index (χ0v) is 7.31. The number of carbonyl (C=O) groups is 2. The van der Waals surface area contributed by atoms with Crippen LogP contribution in [0.2, 0.25) is 0 Å². The fraction of sp³-hybridized carbons (Fsp3) is 0.750. The number of aliphatic hydroxyl groups excluding tert-OH is 1. The number of aldehydes is 1. The van der Waals surface area contributed by atoms with Gasteiger partial charge in [-0.15, -0.1) is 0 Å². The fourth-order valence-electron chi connectivity index (χ4n) is 1.28. The molecular formula is C8H13NO4. The minimum Gasteiger partial charge on any atom is -0.394 e. The Kier molecular flexibility index (Phi) is 3.85. The Morgan fingerprint density at radius 3 is 3.08 bits per heavy atom. The monoisotopic (exact) mass is 187 g/mol. The van der Waals surface area contributed by atoms with Gasteiger partial charge in [-0.25, -0.2) is 0 Å². The Bertz CT molecular complexity index is 195. The quantitative estimate of drug-likeness (QED) is 0.435. The molecule has 0 aromatic rings. The van der Waals surface area contributed by atoms with Crippen LogP contribution in [0.3, 0.4) is 0 Å². The van der Waals surface area contributed by atoms with Gasteiger partial charge in [-0.05, 0) is 6.42 Å². The number of hydrogen-bond acceptors (Lipinski definition) is 4. The summed E-state index contributed by atoms with van der Waals surface area (Å²) in [6, 6.07) is 0. The van der Waals surface area contributed by atoms with Crippen LogP contribution < -0.4 is 0 Å². The maximum Gasteiger partial charge on any atom is 0.286 e. The molecule has 1 N–H and O–H groups in total. The molecule has 1 atom stereocenters. The van der Waals surface area contributed by atoms with Crippen LogP contribution in [0.1, 0.15) is 6.42 Å². The Balaban J connectivity index is 2.53. The maximum absolute atomic E-state index is 11.0. The fourth-order valence-corrected chi connectivity index (χ4v) is 1.28. The van der Waals surface area contributed by atoms with Gasteiger partial charge in [0.2, 0.25) is 6.29 Å². The van der Waals surface area contributed by atoms with Gasteiger partial charge in [0.05, 0.1) is 12.7 Å². The number of amides is 1. The first-order chi connectivity index (χ1) is 6.27. The van der Waals surface area contributed by atoms with Crippen LogP contribution in [-0.4, -0.2) is 54.6 Å². The van der Waals surface area contributed by atoms with E-state index < -0.39 is 5.91 Å². The predicted molar refractivity (Wildman–Crippen MR) is 44.1 cm³/mol. The zero-order chi connectivity index (χ0) is 9.68. The number of ether oxygens (including phenoxy) is 1. The summed E-state index contributed by atoms with van der Waals surface area (Å²) < 4.78 is 5.22. The Morgan fingerprint density at radius 1 is 1.69 bits per heavy atom. The lowest BCUT2D eigenvalue weighted by Gasteiger charge is -2.20. The van der Waals surface area contributed by atoms with Gasteiger partial charge in [0, 0.05) is 19.7 Å². The van der Waals surface area contributed by atoms with Crippen molar-refractivity contribution in [3.05, 3.63) is 0 Å². The van der Waals surface area contributed by atoms with Crippen LogP contribution in [0.15, 0.2) is 0 Å². The van der Waals surface area contributed by atoms with E-state index in [1.807, 2.05) is 0 Å². The highest BCUT2D eigenvalue weighted by molar-refractivity contribution is 6.23. The van der Waals surface area contributed by atoms with Gasteiger partial charge in [0.15, 0.2) is 0 Å². The molecule has 1 saturated heterocycles. The Morgan fingerprint density at radius 2 is 2.46 bits per heavy atom. The summed E-state index contributed by atoms with van der Waals surface area (Å²) in [5.41, 5.74) is 0. The molecule has 1 fully saturated rings. The molecule has 13 heavy (non-hydrogen) atoms. The molecule has 0 radical (unpaired) electrons. The lowest BCUT2D eigenvalue weighted by atomic mass is 10.3. The van der Waals surface area contributed by atoms with Gasteiger partial charge in [-0.2, -0.15) is 0 Å². The third-order valence-electron chi connectivity index (χ3n) is 1.97. The summed E-state index contributed by atoms with van der Waals surface area (Å²) in [6.07, 6.45) is 0.641. The van der Waals surface area contributed by atoms with Crippen LogP contribution in [-0.2, 0) is 14.3 Å². The van der Waals surface area contributed by atoms with E-state index in [1.54, 1.807) is 0 Å². The van der Waals surface area contributed by atoms with Crippen molar-refractivity contribution in [2.24, 2.45) is 0 Å². The number of carbonyl (C=O) groups excluding carboxylic acids is 2. The summed E-state index contributed by atoms with van der Waals surface area (Å²) in [5.74, 6) is -0.538. The van der Waals surface area contributed by atoms with Crippen LogP contribution in [0.5, 0.6) is 0 Å². The molecule has 0 saturated carbocycles. The molecule has 1 heterocycles. The van der Waals surface area contributed by atoms with E-state index in [1.165, 1.54) is 4.90 Å². The third kappa shape index (κ3) is 2.78. The van der Waals surface area contributed by atoms with E-state index >= 15 is 0 Å². The van der Waals surface area contributed by atoms with Crippen molar-refractivity contribution >= 4 is 12.2 Å². The van der Waals surface area contributed by atoms with Crippen molar-refractivity contribution in [3.63, 3.8) is 0 Å². The Labute approximate surface area is 76.3 Å². The first-order valence-electron chi connectivity index (χ1n) is 4.24. The van der Waals surface area contributed by atoms with E-state index in [-0.39, 0.29) is 12.7 Å². The minimum atomic E-state index is -0.538. The summed E-state index contributed by atoms with van der Waals surface area (Å²) >= 11 is 0. The highest BCUT2D eigenvalue weighted by Gasteiger charge is 2.21. The standard InChI is InChI=1S/C8H13NO4/c10-5-7-4-9(8(12)6-11)2-1-3-13-7/h6-7,10H,1-5H2. The molecule has 1 aliphatic rings. The molecular weight excluding hydrogens is 174 g/mol. The minimum absolute atomic E-state index is 0.122. The molecule has 1 amide bonds. The van der Waals surface area contributed by atoms with Crippen LogP contribution >= 0.6 is 0 Å². The molecule has 0 aromatic heterocycles. The molecule has 1 aliphatic heterocycles. The maximum atomic E-state index is 11.0. The average molecular weight is 187 g/mol. The van der Waals surface area contributed by atoms with Gasteiger partial charge in [0.1, 0.15) is 0 Å². The summed E-state index contributed by atoms with van der Waals surface area (Å²) in [4.78, 5) is 22.6. The van der Waals surface area contributed by atoms with Crippen molar-refractivity contribution < 1.29 is 19.4 Å². The predicted octanol–water partition coefficient (Wildman–Crippen LogP) is -1.20. The molecule has 0 spiro atoms. The first-order valence-corrected chi connectivity index (χ1v) is 4.24. The highest BCUT2D eigenvalue weighted by Crippen LogP contribution is 2.04. The lowest BCUT2D eigenvalue weighted by Crippen LogP contribution is -2.38. The van der Waals surface area contributed by atoms with Gasteiger partial charge < -0.3 is 14.7 Å².